The van der Waals surface area contributed by atoms with Gasteiger partial charge in [0.2, 0.25) is 5.82 Å². The van der Waals surface area contributed by atoms with Crippen molar-refractivity contribution in [3.8, 4) is 5.75 Å². The lowest BCUT2D eigenvalue weighted by molar-refractivity contribution is 0.0934. The zero-order chi connectivity index (χ0) is 22.3. The summed E-state index contributed by atoms with van der Waals surface area (Å²) in [6.45, 7) is 3.59. The van der Waals surface area contributed by atoms with Crippen LogP contribution >= 0.6 is 11.6 Å². The molecule has 1 aromatic heterocycles. The zero-order valence-electron chi connectivity index (χ0n) is 17.1. The minimum atomic E-state index is -3.28. The van der Waals surface area contributed by atoms with Crippen LogP contribution in [-0.4, -0.2) is 43.7 Å². The third-order valence-corrected chi connectivity index (χ3v) is 4.93. The molecule has 2 rings (SSSR count). The van der Waals surface area contributed by atoms with Crippen LogP contribution in [0.15, 0.2) is 41.9 Å². The van der Waals surface area contributed by atoms with E-state index in [0.717, 1.165) is 17.2 Å². The molecule has 1 amide bonds. The lowest BCUT2D eigenvalue weighted by Gasteiger charge is -2.18. The van der Waals surface area contributed by atoms with Crippen LogP contribution in [0.3, 0.4) is 0 Å². The van der Waals surface area contributed by atoms with Gasteiger partial charge in [-0.25, -0.2) is 18.4 Å². The fourth-order valence-corrected chi connectivity index (χ4v) is 3.30. The van der Waals surface area contributed by atoms with Gasteiger partial charge in [-0.1, -0.05) is 35.9 Å². The number of hydrogen-bond acceptors (Lipinski definition) is 7. The summed E-state index contributed by atoms with van der Waals surface area (Å²) in [7, 11) is -1.78. The number of benzene rings is 1. The fourth-order valence-electron chi connectivity index (χ4n) is 2.49. The molecule has 0 saturated carbocycles. The Morgan fingerprint density at radius 2 is 2.00 bits per heavy atom. The number of nitrogens with zero attached hydrogens (tertiary/aromatic N) is 2. The van der Waals surface area contributed by atoms with Gasteiger partial charge in [-0.15, -0.1) is 0 Å². The molecule has 0 aliphatic heterocycles. The van der Waals surface area contributed by atoms with Crippen molar-refractivity contribution in [1.82, 2.24) is 15.3 Å². The standard InChI is InChI=1S/C20H24ClN3O5S/c1-13(9-10-30(4,26)27)23-20(25)19-22-11-18(17(24-19)12-28-3)29-14(2)15-7-5-6-8-16(15)21/h5-11,13-14H,12H2,1-4H3,(H,23,25)/b10-9+/t13-,14+/m1/s1. The highest BCUT2D eigenvalue weighted by Gasteiger charge is 2.18. The van der Waals surface area contributed by atoms with Crippen LogP contribution in [-0.2, 0) is 21.2 Å². The second kappa shape index (κ2) is 10.5. The van der Waals surface area contributed by atoms with Gasteiger partial charge < -0.3 is 14.8 Å². The van der Waals surface area contributed by atoms with E-state index < -0.39 is 21.8 Å². The van der Waals surface area contributed by atoms with Crippen molar-refractivity contribution in [3.63, 3.8) is 0 Å². The van der Waals surface area contributed by atoms with Crippen molar-refractivity contribution in [2.75, 3.05) is 13.4 Å². The third kappa shape index (κ3) is 7.08. The van der Waals surface area contributed by atoms with Crippen molar-refractivity contribution in [3.05, 3.63) is 64.1 Å². The molecule has 1 heterocycles. The average molecular weight is 454 g/mol. The molecular weight excluding hydrogens is 430 g/mol. The van der Waals surface area contributed by atoms with E-state index in [1.807, 2.05) is 25.1 Å². The van der Waals surface area contributed by atoms with Crippen LogP contribution in [0.2, 0.25) is 5.02 Å². The van der Waals surface area contributed by atoms with Crippen molar-refractivity contribution >= 4 is 27.3 Å². The quantitative estimate of drug-likeness (QED) is 0.621. The Morgan fingerprint density at radius 3 is 2.63 bits per heavy atom. The summed E-state index contributed by atoms with van der Waals surface area (Å²) in [5, 5.41) is 4.22. The van der Waals surface area contributed by atoms with Crippen molar-refractivity contribution in [2.24, 2.45) is 0 Å². The highest BCUT2D eigenvalue weighted by molar-refractivity contribution is 7.93. The topological polar surface area (TPSA) is 107 Å². The van der Waals surface area contributed by atoms with E-state index in [2.05, 4.69) is 15.3 Å². The lowest BCUT2D eigenvalue weighted by Crippen LogP contribution is -2.32. The number of carbonyl (C=O) groups excluding carboxylic acids is 1. The molecule has 0 aliphatic carbocycles. The average Bonchev–Trinajstić information content (AvgIpc) is 2.67. The number of aromatic nitrogens is 2. The predicted molar refractivity (Wildman–Crippen MR) is 114 cm³/mol. The molecule has 0 bridgehead atoms. The molecule has 1 N–H and O–H groups in total. The summed E-state index contributed by atoms with van der Waals surface area (Å²) >= 11 is 6.22. The number of hydrogen-bond donors (Lipinski definition) is 1. The van der Waals surface area contributed by atoms with Crippen LogP contribution < -0.4 is 10.1 Å². The van der Waals surface area contributed by atoms with Gasteiger partial charge in [0.05, 0.1) is 12.8 Å². The maximum absolute atomic E-state index is 12.4. The zero-order valence-corrected chi connectivity index (χ0v) is 18.7. The molecule has 162 valence electrons. The number of nitrogens with one attached hydrogen (secondary N) is 1. The Hall–Kier alpha value is -2.49. The van der Waals surface area contributed by atoms with Crippen molar-refractivity contribution in [1.29, 1.82) is 0 Å². The van der Waals surface area contributed by atoms with Crippen LogP contribution in [0, 0.1) is 0 Å². The number of methoxy groups -OCH3 is 1. The van der Waals surface area contributed by atoms with E-state index in [-0.39, 0.29) is 18.5 Å². The van der Waals surface area contributed by atoms with Crippen molar-refractivity contribution in [2.45, 2.75) is 32.6 Å². The summed E-state index contributed by atoms with van der Waals surface area (Å²) in [5.74, 6) is -0.269. The summed E-state index contributed by atoms with van der Waals surface area (Å²) < 4.78 is 33.5. The maximum atomic E-state index is 12.4. The molecule has 10 heteroatoms. The smallest absolute Gasteiger partial charge is 0.289 e. The summed E-state index contributed by atoms with van der Waals surface area (Å²) in [6.07, 6.45) is 3.46. The predicted octanol–water partition coefficient (Wildman–Crippen LogP) is 3.09. The Kier molecular flexibility index (Phi) is 8.33. The first kappa shape index (κ1) is 23.8. The SMILES string of the molecule is COCc1nc(C(=O)N[C@H](C)/C=C/S(C)(=O)=O)ncc1O[C@@H](C)c1ccccc1Cl. The van der Waals surface area contributed by atoms with E-state index in [0.29, 0.717) is 16.5 Å². The monoisotopic (exact) mass is 453 g/mol. The molecule has 1 aromatic carbocycles. The van der Waals surface area contributed by atoms with E-state index >= 15 is 0 Å². The number of carbonyl (C=O) groups is 1. The Bertz CT molecular complexity index is 1030. The van der Waals surface area contributed by atoms with Gasteiger partial charge in [0, 0.05) is 35.4 Å². The van der Waals surface area contributed by atoms with E-state index in [4.69, 9.17) is 21.1 Å². The molecule has 8 nitrogen and oxygen atoms in total. The first-order valence-electron chi connectivity index (χ1n) is 9.05. The third-order valence-electron chi connectivity index (χ3n) is 3.93. The number of rotatable bonds is 9. The van der Waals surface area contributed by atoms with Crippen LogP contribution in [0.5, 0.6) is 5.75 Å². The van der Waals surface area contributed by atoms with E-state index in [9.17, 15) is 13.2 Å². The Labute approximate surface area is 181 Å². The lowest BCUT2D eigenvalue weighted by atomic mass is 10.1. The molecule has 0 spiro atoms. The molecule has 2 atom stereocenters. The number of ether oxygens (including phenoxy) is 2. The van der Waals surface area contributed by atoms with Crippen molar-refractivity contribution < 1.29 is 22.7 Å². The molecule has 0 radical (unpaired) electrons. The van der Waals surface area contributed by atoms with Gasteiger partial charge >= 0.3 is 0 Å². The summed E-state index contributed by atoms with van der Waals surface area (Å²) in [4.78, 5) is 20.7. The Balaban J connectivity index is 2.19. The molecule has 0 unspecified atom stereocenters. The highest BCUT2D eigenvalue weighted by Crippen LogP contribution is 2.28. The molecular formula is C20H24ClN3O5S. The van der Waals surface area contributed by atoms with Gasteiger partial charge in [0.25, 0.3) is 5.91 Å². The van der Waals surface area contributed by atoms with Gasteiger partial charge in [0.1, 0.15) is 11.8 Å². The molecule has 0 fully saturated rings. The van der Waals surface area contributed by atoms with Gasteiger partial charge in [-0.2, -0.15) is 0 Å². The first-order valence-corrected chi connectivity index (χ1v) is 11.4. The highest BCUT2D eigenvalue weighted by atomic mass is 35.5. The number of sulfone groups is 1. The molecule has 30 heavy (non-hydrogen) atoms. The fraction of sp³-hybridized carbons (Fsp3) is 0.350. The minimum Gasteiger partial charge on any atom is -0.482 e. The summed E-state index contributed by atoms with van der Waals surface area (Å²) in [5.41, 5.74) is 1.20. The van der Waals surface area contributed by atoms with Gasteiger partial charge in [-0.05, 0) is 19.9 Å². The number of amides is 1. The van der Waals surface area contributed by atoms with E-state index in [1.165, 1.54) is 19.4 Å². The maximum Gasteiger partial charge on any atom is 0.289 e. The van der Waals surface area contributed by atoms with Crippen LogP contribution in [0.4, 0.5) is 0 Å². The summed E-state index contributed by atoms with van der Waals surface area (Å²) in [6, 6.07) is 6.79. The Morgan fingerprint density at radius 1 is 1.30 bits per heavy atom. The van der Waals surface area contributed by atoms with Crippen LogP contribution in [0.1, 0.15) is 41.8 Å². The number of halogens is 1. The van der Waals surface area contributed by atoms with Gasteiger partial charge in [-0.3, -0.25) is 4.79 Å². The van der Waals surface area contributed by atoms with E-state index in [1.54, 1.807) is 13.0 Å². The minimum absolute atomic E-state index is 0.0839. The second-order valence-corrected chi connectivity index (χ2v) is 8.98. The second-order valence-electron chi connectivity index (χ2n) is 6.64. The van der Waals surface area contributed by atoms with Crippen LogP contribution in [0.25, 0.3) is 0 Å². The largest absolute Gasteiger partial charge is 0.482 e. The molecule has 0 aliphatic rings. The van der Waals surface area contributed by atoms with Gasteiger partial charge in [0.15, 0.2) is 15.6 Å². The normalized spacial score (nSPS) is 13.8. The first-order chi connectivity index (χ1) is 14.1. The molecule has 2 aromatic rings. The molecule has 0 saturated heterocycles.